The first-order chi connectivity index (χ1) is 14.2. The summed E-state index contributed by atoms with van der Waals surface area (Å²) in [7, 11) is 1.59. The molecule has 4 rings (SSSR count). The SMILES string of the molecule is CCn1cc(-c2noc(CNC(=O)c3cc(-c4ccccc4OC)n[nH]3)n2)cn1. The van der Waals surface area contributed by atoms with Gasteiger partial charge in [0.15, 0.2) is 0 Å². The van der Waals surface area contributed by atoms with Crippen LogP contribution in [0.4, 0.5) is 0 Å². The molecule has 1 aromatic carbocycles. The van der Waals surface area contributed by atoms with E-state index in [0.29, 0.717) is 28.9 Å². The van der Waals surface area contributed by atoms with Crippen LogP contribution in [0.25, 0.3) is 22.6 Å². The highest BCUT2D eigenvalue weighted by Gasteiger charge is 2.15. The Morgan fingerprint density at radius 2 is 2.21 bits per heavy atom. The standard InChI is InChI=1S/C19H19N7O3/c1-3-26-11-12(9-21-26)18-22-17(29-25-18)10-20-19(27)15-8-14(23-24-15)13-6-4-5-7-16(13)28-2/h4-9,11H,3,10H2,1-2H3,(H,20,27)(H,23,24). The number of ether oxygens (including phenoxy) is 1. The van der Waals surface area contributed by atoms with Gasteiger partial charge in [0.05, 0.1) is 31.1 Å². The number of nitrogens with zero attached hydrogens (tertiary/aromatic N) is 5. The van der Waals surface area contributed by atoms with Crippen LogP contribution in [-0.2, 0) is 13.1 Å². The number of amides is 1. The fourth-order valence-corrected chi connectivity index (χ4v) is 2.78. The summed E-state index contributed by atoms with van der Waals surface area (Å²) in [6, 6.07) is 9.11. The number of aromatic amines is 1. The molecule has 3 heterocycles. The van der Waals surface area contributed by atoms with Gasteiger partial charge in [-0.05, 0) is 25.1 Å². The number of rotatable bonds is 7. The number of nitrogens with one attached hydrogen (secondary N) is 2. The lowest BCUT2D eigenvalue weighted by Gasteiger charge is -2.04. The minimum absolute atomic E-state index is 0.0940. The maximum atomic E-state index is 12.4. The molecule has 0 saturated carbocycles. The Balaban J connectivity index is 1.41. The summed E-state index contributed by atoms with van der Waals surface area (Å²) >= 11 is 0. The third-order valence-corrected chi connectivity index (χ3v) is 4.29. The molecule has 0 spiro atoms. The molecule has 0 atom stereocenters. The van der Waals surface area contributed by atoms with E-state index in [4.69, 9.17) is 9.26 Å². The summed E-state index contributed by atoms with van der Waals surface area (Å²) in [6.45, 7) is 2.83. The van der Waals surface area contributed by atoms with Crippen LogP contribution in [0, 0.1) is 0 Å². The van der Waals surface area contributed by atoms with Gasteiger partial charge in [-0.1, -0.05) is 17.3 Å². The molecule has 10 heteroatoms. The van der Waals surface area contributed by atoms with Crippen molar-refractivity contribution in [2.24, 2.45) is 0 Å². The van der Waals surface area contributed by atoms with Gasteiger partial charge in [-0.2, -0.15) is 15.2 Å². The summed E-state index contributed by atoms with van der Waals surface area (Å²) in [5.74, 6) is 1.06. The highest BCUT2D eigenvalue weighted by atomic mass is 16.5. The lowest BCUT2D eigenvalue weighted by Crippen LogP contribution is -2.23. The van der Waals surface area contributed by atoms with E-state index in [1.54, 1.807) is 24.1 Å². The molecular weight excluding hydrogens is 374 g/mol. The summed E-state index contributed by atoms with van der Waals surface area (Å²) in [5, 5.41) is 17.8. The van der Waals surface area contributed by atoms with Gasteiger partial charge in [0.2, 0.25) is 11.7 Å². The monoisotopic (exact) mass is 393 g/mol. The summed E-state index contributed by atoms with van der Waals surface area (Å²) in [6.07, 6.45) is 3.50. The second-order valence-electron chi connectivity index (χ2n) is 6.15. The van der Waals surface area contributed by atoms with Crippen molar-refractivity contribution in [1.29, 1.82) is 0 Å². The van der Waals surface area contributed by atoms with E-state index < -0.39 is 0 Å². The van der Waals surface area contributed by atoms with Gasteiger partial charge in [-0.25, -0.2) is 0 Å². The van der Waals surface area contributed by atoms with E-state index in [-0.39, 0.29) is 12.5 Å². The first-order valence-electron chi connectivity index (χ1n) is 9.00. The maximum Gasteiger partial charge on any atom is 0.269 e. The van der Waals surface area contributed by atoms with E-state index >= 15 is 0 Å². The molecule has 0 saturated heterocycles. The number of hydrogen-bond donors (Lipinski definition) is 2. The largest absolute Gasteiger partial charge is 0.496 e. The molecule has 4 aromatic rings. The Kier molecular flexibility index (Phi) is 5.06. The number of carbonyl (C=O) groups is 1. The third-order valence-electron chi connectivity index (χ3n) is 4.29. The highest BCUT2D eigenvalue weighted by Crippen LogP contribution is 2.28. The van der Waals surface area contributed by atoms with Gasteiger partial charge in [0.25, 0.3) is 5.91 Å². The first-order valence-corrected chi connectivity index (χ1v) is 9.00. The van der Waals surface area contributed by atoms with Crippen molar-refractivity contribution < 1.29 is 14.1 Å². The van der Waals surface area contributed by atoms with Crippen LogP contribution in [0.3, 0.4) is 0 Å². The molecule has 0 aliphatic rings. The van der Waals surface area contributed by atoms with Gasteiger partial charge in [-0.15, -0.1) is 0 Å². The van der Waals surface area contributed by atoms with E-state index in [1.807, 2.05) is 37.4 Å². The van der Waals surface area contributed by atoms with E-state index in [9.17, 15) is 4.79 Å². The number of aryl methyl sites for hydroxylation is 1. The predicted octanol–water partition coefficient (Wildman–Crippen LogP) is 2.28. The number of methoxy groups -OCH3 is 1. The Labute approximate surface area is 165 Å². The highest BCUT2D eigenvalue weighted by molar-refractivity contribution is 5.93. The zero-order chi connectivity index (χ0) is 20.2. The third kappa shape index (κ3) is 3.86. The molecule has 2 N–H and O–H groups in total. The smallest absolute Gasteiger partial charge is 0.269 e. The summed E-state index contributed by atoms with van der Waals surface area (Å²) < 4.78 is 12.3. The lowest BCUT2D eigenvalue weighted by molar-refractivity contribution is 0.0941. The average molecular weight is 393 g/mol. The normalized spacial score (nSPS) is 10.8. The van der Waals surface area contributed by atoms with Crippen LogP contribution in [0.2, 0.25) is 0 Å². The fourth-order valence-electron chi connectivity index (χ4n) is 2.78. The average Bonchev–Trinajstić information content (AvgIpc) is 3.52. The molecule has 0 aliphatic carbocycles. The van der Waals surface area contributed by atoms with Crippen molar-refractivity contribution in [3.8, 4) is 28.4 Å². The molecule has 10 nitrogen and oxygen atoms in total. The number of benzene rings is 1. The van der Waals surface area contributed by atoms with Crippen LogP contribution in [0.5, 0.6) is 5.75 Å². The summed E-state index contributed by atoms with van der Waals surface area (Å²) in [5.41, 5.74) is 2.47. The molecule has 0 radical (unpaired) electrons. The second-order valence-corrected chi connectivity index (χ2v) is 6.15. The Hall–Kier alpha value is -3.95. The van der Waals surface area contributed by atoms with Crippen LogP contribution in [-0.4, -0.2) is 43.1 Å². The van der Waals surface area contributed by atoms with Gasteiger partial charge in [0.1, 0.15) is 11.4 Å². The predicted molar refractivity (Wildman–Crippen MR) is 103 cm³/mol. The molecule has 1 amide bonds. The molecule has 148 valence electrons. The van der Waals surface area contributed by atoms with Gasteiger partial charge in [0, 0.05) is 18.3 Å². The molecule has 0 bridgehead atoms. The summed E-state index contributed by atoms with van der Waals surface area (Å²) in [4.78, 5) is 16.7. The number of hydrogen-bond acceptors (Lipinski definition) is 7. The lowest BCUT2D eigenvalue weighted by atomic mass is 10.1. The second kappa shape index (κ2) is 7.97. The van der Waals surface area contributed by atoms with Crippen LogP contribution in [0.1, 0.15) is 23.3 Å². The van der Waals surface area contributed by atoms with E-state index in [1.165, 1.54) is 0 Å². The van der Waals surface area contributed by atoms with Crippen LogP contribution in [0.15, 0.2) is 47.2 Å². The van der Waals surface area contributed by atoms with Crippen molar-refractivity contribution in [3.05, 3.63) is 54.3 Å². The fraction of sp³-hybridized carbons (Fsp3) is 0.211. The molecule has 0 fully saturated rings. The number of para-hydroxylation sites is 1. The molecule has 0 aliphatic heterocycles. The van der Waals surface area contributed by atoms with Gasteiger partial charge < -0.3 is 14.6 Å². The van der Waals surface area contributed by atoms with Crippen molar-refractivity contribution >= 4 is 5.91 Å². The Morgan fingerprint density at radius 3 is 3.00 bits per heavy atom. The zero-order valence-electron chi connectivity index (χ0n) is 15.9. The van der Waals surface area contributed by atoms with Crippen LogP contribution < -0.4 is 10.1 Å². The number of carbonyl (C=O) groups excluding carboxylic acids is 1. The Bertz CT molecular complexity index is 1130. The van der Waals surface area contributed by atoms with Gasteiger partial charge in [-0.3, -0.25) is 14.6 Å². The quantitative estimate of drug-likeness (QED) is 0.494. The van der Waals surface area contributed by atoms with Crippen molar-refractivity contribution in [2.75, 3.05) is 7.11 Å². The molecule has 0 unspecified atom stereocenters. The minimum Gasteiger partial charge on any atom is -0.496 e. The van der Waals surface area contributed by atoms with Crippen LogP contribution >= 0.6 is 0 Å². The van der Waals surface area contributed by atoms with Crippen molar-refractivity contribution in [1.82, 2.24) is 35.4 Å². The van der Waals surface area contributed by atoms with Gasteiger partial charge >= 0.3 is 0 Å². The molecular formula is C19H19N7O3. The first kappa shape index (κ1) is 18.4. The minimum atomic E-state index is -0.336. The van der Waals surface area contributed by atoms with Crippen molar-refractivity contribution in [2.45, 2.75) is 20.0 Å². The topological polar surface area (TPSA) is 124 Å². The Morgan fingerprint density at radius 1 is 1.34 bits per heavy atom. The maximum absolute atomic E-state index is 12.4. The van der Waals surface area contributed by atoms with E-state index in [0.717, 1.165) is 17.7 Å². The number of H-pyrrole nitrogens is 1. The molecule has 3 aromatic heterocycles. The van der Waals surface area contributed by atoms with Crippen molar-refractivity contribution in [3.63, 3.8) is 0 Å². The zero-order valence-corrected chi connectivity index (χ0v) is 15.9. The molecule has 29 heavy (non-hydrogen) atoms. The van der Waals surface area contributed by atoms with E-state index in [2.05, 4.69) is 30.8 Å². The number of aromatic nitrogens is 6.